The summed E-state index contributed by atoms with van der Waals surface area (Å²) in [5.74, 6) is -0.626. The molecule has 0 atom stereocenters. The number of fused-ring (bicyclic) bond motifs is 1. The molecule has 0 spiro atoms. The van der Waals surface area contributed by atoms with Crippen molar-refractivity contribution in [2.24, 2.45) is 0 Å². The summed E-state index contributed by atoms with van der Waals surface area (Å²) in [5.41, 5.74) is -0.944. The third-order valence-electron chi connectivity index (χ3n) is 3.96. The number of benzene rings is 1. The van der Waals surface area contributed by atoms with Crippen LogP contribution in [0, 0.1) is 0 Å². The summed E-state index contributed by atoms with van der Waals surface area (Å²) in [7, 11) is 0. The zero-order chi connectivity index (χ0) is 21.0. The van der Waals surface area contributed by atoms with Crippen molar-refractivity contribution in [3.05, 3.63) is 64.6 Å². The zero-order valence-electron chi connectivity index (χ0n) is 14.8. The van der Waals surface area contributed by atoms with Crippen molar-refractivity contribution in [1.29, 1.82) is 0 Å². The van der Waals surface area contributed by atoms with Crippen LogP contribution < -0.4 is 10.6 Å². The summed E-state index contributed by atoms with van der Waals surface area (Å²) in [6.45, 7) is -0.0472. The highest BCUT2D eigenvalue weighted by Gasteiger charge is 2.35. The molecule has 3 rings (SSSR count). The first kappa shape index (κ1) is 20.6. The summed E-state index contributed by atoms with van der Waals surface area (Å²) in [4.78, 5) is 23.9. The Morgan fingerprint density at radius 1 is 1.10 bits per heavy atom. The van der Waals surface area contributed by atoms with Crippen LogP contribution in [0.4, 0.5) is 13.2 Å². The third-order valence-corrected chi connectivity index (χ3v) is 4.17. The van der Waals surface area contributed by atoms with Crippen LogP contribution in [0.25, 0.3) is 5.65 Å². The molecule has 3 aromatic rings. The Morgan fingerprint density at radius 3 is 2.52 bits per heavy atom. The van der Waals surface area contributed by atoms with E-state index in [4.69, 9.17) is 11.6 Å². The lowest BCUT2D eigenvalue weighted by Crippen LogP contribution is -2.30. The first-order chi connectivity index (χ1) is 13.8. The molecule has 0 fully saturated rings. The van der Waals surface area contributed by atoms with Crippen LogP contribution in [0.5, 0.6) is 0 Å². The fourth-order valence-electron chi connectivity index (χ4n) is 2.58. The van der Waals surface area contributed by atoms with Gasteiger partial charge in [0.05, 0.1) is 11.6 Å². The number of hydrogen-bond acceptors (Lipinski definition) is 4. The molecule has 0 aliphatic carbocycles. The normalized spacial score (nSPS) is 11.4. The Morgan fingerprint density at radius 2 is 1.83 bits per heavy atom. The van der Waals surface area contributed by atoms with Gasteiger partial charge in [-0.25, -0.2) is 0 Å². The molecule has 0 saturated heterocycles. The molecule has 2 heterocycles. The molecule has 0 aliphatic heterocycles. The highest BCUT2D eigenvalue weighted by atomic mass is 35.5. The van der Waals surface area contributed by atoms with Crippen LogP contribution in [-0.4, -0.2) is 33.0 Å². The van der Waals surface area contributed by atoms with Crippen LogP contribution >= 0.6 is 11.6 Å². The van der Waals surface area contributed by atoms with E-state index in [0.717, 1.165) is 10.5 Å². The van der Waals surface area contributed by atoms with Gasteiger partial charge >= 0.3 is 6.18 Å². The molecule has 152 valence electrons. The quantitative estimate of drug-likeness (QED) is 0.635. The fourth-order valence-corrected chi connectivity index (χ4v) is 2.79. The van der Waals surface area contributed by atoms with Crippen LogP contribution in [0.3, 0.4) is 0 Å². The van der Waals surface area contributed by atoms with E-state index in [-0.39, 0.29) is 36.3 Å². The Balaban J connectivity index is 1.57. The van der Waals surface area contributed by atoms with Crippen molar-refractivity contribution >= 4 is 29.1 Å². The minimum atomic E-state index is -4.64. The average Bonchev–Trinajstić information content (AvgIpc) is 3.08. The SMILES string of the molecule is O=C(CCNC(=O)c1ccccc1)NCc1nnc2c(C(F)(F)F)cc(Cl)cn12. The monoisotopic (exact) mass is 425 g/mol. The molecule has 1 aromatic carbocycles. The van der Waals surface area contributed by atoms with Crippen molar-refractivity contribution in [2.45, 2.75) is 19.1 Å². The highest BCUT2D eigenvalue weighted by molar-refractivity contribution is 6.30. The Labute approximate surface area is 167 Å². The molecule has 0 saturated carbocycles. The number of pyridine rings is 1. The number of carbonyl (C=O) groups excluding carboxylic acids is 2. The molecule has 0 bridgehead atoms. The Bertz CT molecular complexity index is 1040. The van der Waals surface area contributed by atoms with Crippen molar-refractivity contribution in [2.75, 3.05) is 6.54 Å². The van der Waals surface area contributed by atoms with Crippen LogP contribution in [0.1, 0.15) is 28.2 Å². The number of rotatable bonds is 6. The smallest absolute Gasteiger partial charge is 0.352 e. The lowest BCUT2D eigenvalue weighted by atomic mass is 10.2. The van der Waals surface area contributed by atoms with Gasteiger partial charge in [0.1, 0.15) is 5.56 Å². The predicted octanol–water partition coefficient (Wildman–Crippen LogP) is 2.84. The summed E-state index contributed by atoms with van der Waals surface area (Å²) in [6, 6.07) is 9.28. The fraction of sp³-hybridized carbons (Fsp3) is 0.222. The van der Waals surface area contributed by atoms with Gasteiger partial charge in [-0.05, 0) is 18.2 Å². The van der Waals surface area contributed by atoms with Gasteiger partial charge < -0.3 is 10.6 Å². The van der Waals surface area contributed by atoms with Crippen LogP contribution in [0.2, 0.25) is 5.02 Å². The number of halogens is 4. The molecule has 7 nitrogen and oxygen atoms in total. The maximum Gasteiger partial charge on any atom is 0.420 e. The number of nitrogens with one attached hydrogen (secondary N) is 2. The number of hydrogen-bond donors (Lipinski definition) is 2. The van der Waals surface area contributed by atoms with E-state index < -0.39 is 23.3 Å². The molecule has 0 aliphatic rings. The molecule has 29 heavy (non-hydrogen) atoms. The molecule has 0 unspecified atom stereocenters. The first-order valence-corrected chi connectivity index (χ1v) is 8.84. The van der Waals surface area contributed by atoms with Gasteiger partial charge in [-0.15, -0.1) is 10.2 Å². The van der Waals surface area contributed by atoms with Gasteiger partial charge in [0.25, 0.3) is 5.91 Å². The molecule has 11 heteroatoms. The molecular weight excluding hydrogens is 411 g/mol. The van der Waals surface area contributed by atoms with Crippen molar-refractivity contribution in [3.8, 4) is 0 Å². The maximum absolute atomic E-state index is 13.1. The van der Waals surface area contributed by atoms with Gasteiger partial charge in [0, 0.05) is 24.7 Å². The summed E-state index contributed by atoms with van der Waals surface area (Å²) < 4.78 is 40.4. The predicted molar refractivity (Wildman–Crippen MR) is 98.2 cm³/mol. The Hall–Kier alpha value is -3.14. The highest BCUT2D eigenvalue weighted by Crippen LogP contribution is 2.33. The van der Waals surface area contributed by atoms with Crippen molar-refractivity contribution < 1.29 is 22.8 Å². The van der Waals surface area contributed by atoms with Gasteiger partial charge in [0.15, 0.2) is 11.5 Å². The number of aromatic nitrogens is 3. The number of alkyl halides is 3. The first-order valence-electron chi connectivity index (χ1n) is 8.46. The van der Waals surface area contributed by atoms with Crippen LogP contribution in [-0.2, 0) is 17.5 Å². The summed E-state index contributed by atoms with van der Waals surface area (Å²) >= 11 is 5.77. The van der Waals surface area contributed by atoms with Crippen molar-refractivity contribution in [1.82, 2.24) is 25.2 Å². The van der Waals surface area contributed by atoms with E-state index in [1.165, 1.54) is 6.20 Å². The standard InChI is InChI=1S/C18H15ClF3N5O2/c19-12-8-13(18(20,21)22)16-26-25-14(27(16)10-12)9-24-15(28)6-7-23-17(29)11-4-2-1-3-5-11/h1-5,8,10H,6-7,9H2,(H,23,29)(H,24,28). The van der Waals surface area contributed by atoms with Gasteiger partial charge in [0.2, 0.25) is 5.91 Å². The minimum absolute atomic E-state index is 0.0101. The van der Waals surface area contributed by atoms with Gasteiger partial charge in [-0.2, -0.15) is 13.2 Å². The van der Waals surface area contributed by atoms with Crippen molar-refractivity contribution in [3.63, 3.8) is 0 Å². The van der Waals surface area contributed by atoms with E-state index in [2.05, 4.69) is 20.8 Å². The van der Waals surface area contributed by atoms with E-state index >= 15 is 0 Å². The van der Waals surface area contributed by atoms with E-state index in [1.807, 2.05) is 0 Å². The lowest BCUT2D eigenvalue weighted by molar-refractivity contribution is -0.136. The molecule has 2 N–H and O–H groups in total. The third kappa shape index (κ3) is 5.02. The molecule has 0 radical (unpaired) electrons. The minimum Gasteiger partial charge on any atom is -0.352 e. The lowest BCUT2D eigenvalue weighted by Gasteiger charge is -2.09. The van der Waals surface area contributed by atoms with E-state index in [9.17, 15) is 22.8 Å². The van der Waals surface area contributed by atoms with E-state index in [0.29, 0.717) is 5.56 Å². The largest absolute Gasteiger partial charge is 0.420 e. The van der Waals surface area contributed by atoms with E-state index in [1.54, 1.807) is 30.3 Å². The average molecular weight is 426 g/mol. The van der Waals surface area contributed by atoms with Gasteiger partial charge in [-0.1, -0.05) is 29.8 Å². The molecule has 2 amide bonds. The number of nitrogens with zero attached hydrogens (tertiary/aromatic N) is 3. The number of amides is 2. The summed E-state index contributed by atoms with van der Waals surface area (Å²) in [6.07, 6.45) is -3.41. The second kappa shape index (κ2) is 8.48. The second-order valence-electron chi connectivity index (χ2n) is 6.03. The van der Waals surface area contributed by atoms with Crippen LogP contribution in [0.15, 0.2) is 42.6 Å². The number of carbonyl (C=O) groups is 2. The summed E-state index contributed by atoms with van der Waals surface area (Å²) in [5, 5.41) is 12.3. The molecule has 2 aromatic heterocycles. The Kier molecular flexibility index (Phi) is 6.02. The maximum atomic E-state index is 13.1. The topological polar surface area (TPSA) is 88.4 Å². The second-order valence-corrected chi connectivity index (χ2v) is 6.46. The van der Waals surface area contributed by atoms with Gasteiger partial charge in [-0.3, -0.25) is 14.0 Å². The zero-order valence-corrected chi connectivity index (χ0v) is 15.6. The molecular formula is C18H15ClF3N5O2.